The van der Waals surface area contributed by atoms with Gasteiger partial charge < -0.3 is 19.9 Å². The molecule has 0 aliphatic carbocycles. The highest BCUT2D eigenvalue weighted by Crippen LogP contribution is 2.28. The molecule has 0 aromatic heterocycles. The van der Waals surface area contributed by atoms with E-state index in [1.54, 1.807) is 30.3 Å². The maximum atomic E-state index is 11.9. The van der Waals surface area contributed by atoms with Crippen LogP contribution in [-0.4, -0.2) is 25.6 Å². The Morgan fingerprint density at radius 2 is 1.81 bits per heavy atom. The lowest BCUT2D eigenvalue weighted by atomic mass is 10.1. The van der Waals surface area contributed by atoms with Crippen LogP contribution < -0.4 is 15.2 Å². The Hall–Kier alpha value is -3.28. The Labute approximate surface area is 152 Å². The van der Waals surface area contributed by atoms with Crippen LogP contribution in [0.25, 0.3) is 6.08 Å². The van der Waals surface area contributed by atoms with E-state index in [0.29, 0.717) is 17.1 Å². The number of methoxy groups -OCH3 is 1. The minimum absolute atomic E-state index is 0.0819. The second-order valence-electron chi connectivity index (χ2n) is 5.42. The number of carbonyl (C=O) groups excluding carboxylic acids is 2. The number of nitrogens with two attached hydrogens (primary N) is 1. The lowest BCUT2D eigenvalue weighted by molar-refractivity contribution is -0.147. The van der Waals surface area contributed by atoms with Gasteiger partial charge in [-0.15, -0.1) is 0 Å². The smallest absolute Gasteiger partial charge is 0.344 e. The summed E-state index contributed by atoms with van der Waals surface area (Å²) in [6.45, 7) is 1.77. The zero-order chi connectivity index (χ0) is 18.9. The van der Waals surface area contributed by atoms with Crippen molar-refractivity contribution in [2.24, 2.45) is 5.73 Å². The van der Waals surface area contributed by atoms with Gasteiger partial charge in [-0.05, 0) is 42.3 Å². The predicted octanol–water partition coefficient (Wildman–Crippen LogP) is 2.95. The van der Waals surface area contributed by atoms with E-state index in [4.69, 9.17) is 19.9 Å². The lowest BCUT2D eigenvalue weighted by Crippen LogP contribution is -2.15. The normalized spacial score (nSPS) is 10.5. The van der Waals surface area contributed by atoms with Crippen LogP contribution in [0.1, 0.15) is 28.4 Å². The largest absolute Gasteiger partial charge is 0.493 e. The van der Waals surface area contributed by atoms with E-state index in [1.807, 2.05) is 31.2 Å². The molecule has 26 heavy (non-hydrogen) atoms. The molecule has 136 valence electrons. The van der Waals surface area contributed by atoms with Gasteiger partial charge in [0.1, 0.15) is 6.61 Å². The quantitative estimate of drug-likeness (QED) is 0.736. The molecule has 0 heterocycles. The summed E-state index contributed by atoms with van der Waals surface area (Å²) in [5, 5.41) is 0. The van der Waals surface area contributed by atoms with Crippen molar-refractivity contribution >= 4 is 18.0 Å². The van der Waals surface area contributed by atoms with E-state index in [0.717, 1.165) is 11.1 Å². The molecular weight excluding hydrogens is 334 g/mol. The first kappa shape index (κ1) is 19.1. The van der Waals surface area contributed by atoms with Crippen LogP contribution in [0.2, 0.25) is 0 Å². The SMILES string of the molecule is CC=Cc1ccc(OCC(=O)OCc2ccc(C(N)=O)cc2)c(OC)c1. The Bertz CT molecular complexity index is 796. The zero-order valence-electron chi connectivity index (χ0n) is 14.7. The fourth-order valence-corrected chi connectivity index (χ4v) is 2.21. The number of amides is 1. The van der Waals surface area contributed by atoms with Crippen LogP contribution >= 0.6 is 0 Å². The second-order valence-corrected chi connectivity index (χ2v) is 5.42. The maximum Gasteiger partial charge on any atom is 0.344 e. The predicted molar refractivity (Wildman–Crippen MR) is 98.0 cm³/mol. The Kier molecular flexibility index (Phi) is 6.79. The van der Waals surface area contributed by atoms with Crippen molar-refractivity contribution in [3.63, 3.8) is 0 Å². The van der Waals surface area contributed by atoms with E-state index >= 15 is 0 Å². The van der Waals surface area contributed by atoms with E-state index in [-0.39, 0.29) is 13.2 Å². The van der Waals surface area contributed by atoms with Gasteiger partial charge in [-0.1, -0.05) is 30.4 Å². The molecule has 6 nitrogen and oxygen atoms in total. The first-order valence-electron chi connectivity index (χ1n) is 8.01. The summed E-state index contributed by atoms with van der Waals surface area (Å²) in [6, 6.07) is 11.9. The zero-order valence-corrected chi connectivity index (χ0v) is 14.7. The number of benzene rings is 2. The topological polar surface area (TPSA) is 87.9 Å². The molecule has 0 saturated carbocycles. The van der Waals surface area contributed by atoms with Gasteiger partial charge in [-0.2, -0.15) is 0 Å². The maximum absolute atomic E-state index is 11.9. The number of esters is 1. The van der Waals surface area contributed by atoms with Gasteiger partial charge in [0.05, 0.1) is 7.11 Å². The summed E-state index contributed by atoms with van der Waals surface area (Å²) in [4.78, 5) is 22.9. The number of hydrogen-bond donors (Lipinski definition) is 1. The monoisotopic (exact) mass is 355 g/mol. The molecule has 0 spiro atoms. The minimum atomic E-state index is -0.511. The summed E-state index contributed by atoms with van der Waals surface area (Å²) >= 11 is 0. The van der Waals surface area contributed by atoms with Crippen molar-refractivity contribution < 1.29 is 23.8 Å². The molecule has 6 heteroatoms. The molecule has 0 unspecified atom stereocenters. The first-order valence-corrected chi connectivity index (χ1v) is 8.01. The van der Waals surface area contributed by atoms with Gasteiger partial charge in [-0.25, -0.2) is 4.79 Å². The number of primary amides is 1. The van der Waals surface area contributed by atoms with E-state index in [9.17, 15) is 9.59 Å². The van der Waals surface area contributed by atoms with Crippen LogP contribution in [0.15, 0.2) is 48.5 Å². The molecule has 2 rings (SSSR count). The number of allylic oxidation sites excluding steroid dienone is 1. The highest BCUT2D eigenvalue weighted by Gasteiger charge is 2.09. The molecule has 2 N–H and O–H groups in total. The average molecular weight is 355 g/mol. The lowest BCUT2D eigenvalue weighted by Gasteiger charge is -2.11. The molecule has 1 amide bonds. The van der Waals surface area contributed by atoms with E-state index in [2.05, 4.69) is 0 Å². The molecule has 0 aliphatic heterocycles. The van der Waals surface area contributed by atoms with Crippen molar-refractivity contribution in [1.82, 2.24) is 0 Å². The molecule has 0 atom stereocenters. The van der Waals surface area contributed by atoms with E-state index in [1.165, 1.54) is 7.11 Å². The van der Waals surface area contributed by atoms with Crippen LogP contribution in [0, 0.1) is 0 Å². The Balaban J connectivity index is 1.87. The molecule has 0 fully saturated rings. The highest BCUT2D eigenvalue weighted by molar-refractivity contribution is 5.92. The summed E-state index contributed by atoms with van der Waals surface area (Å²) in [7, 11) is 1.54. The molecular formula is C20H21NO5. The number of rotatable bonds is 8. The molecule has 0 saturated heterocycles. The Morgan fingerprint density at radius 3 is 2.42 bits per heavy atom. The molecule has 2 aromatic carbocycles. The Morgan fingerprint density at radius 1 is 1.08 bits per heavy atom. The number of ether oxygens (including phenoxy) is 3. The molecule has 0 bridgehead atoms. The van der Waals surface area contributed by atoms with Crippen LogP contribution in [0.3, 0.4) is 0 Å². The molecule has 2 aromatic rings. The van der Waals surface area contributed by atoms with Gasteiger partial charge in [0.25, 0.3) is 0 Å². The third kappa shape index (κ3) is 5.37. The fraction of sp³-hybridized carbons (Fsp3) is 0.200. The van der Waals surface area contributed by atoms with Gasteiger partial charge in [0.2, 0.25) is 5.91 Å². The van der Waals surface area contributed by atoms with Crippen LogP contribution in [-0.2, 0) is 16.1 Å². The number of carbonyl (C=O) groups is 2. The second kappa shape index (κ2) is 9.27. The summed E-state index contributed by atoms with van der Waals surface area (Å²) < 4.78 is 15.9. The van der Waals surface area contributed by atoms with Crippen molar-refractivity contribution in [2.45, 2.75) is 13.5 Å². The van der Waals surface area contributed by atoms with Crippen molar-refractivity contribution in [2.75, 3.05) is 13.7 Å². The molecule has 0 aliphatic rings. The first-order chi connectivity index (χ1) is 12.5. The fourth-order valence-electron chi connectivity index (χ4n) is 2.21. The summed E-state index contributed by atoms with van der Waals surface area (Å²) in [6.07, 6.45) is 3.85. The standard InChI is InChI=1S/C20H21NO5/c1-3-4-14-7-10-17(18(11-14)24-2)25-13-19(22)26-12-15-5-8-16(9-6-15)20(21)23/h3-11H,12-13H2,1-2H3,(H2,21,23). The minimum Gasteiger partial charge on any atom is -0.493 e. The van der Waals surface area contributed by atoms with Crippen molar-refractivity contribution in [3.8, 4) is 11.5 Å². The van der Waals surface area contributed by atoms with Gasteiger partial charge in [0, 0.05) is 5.56 Å². The van der Waals surface area contributed by atoms with Crippen molar-refractivity contribution in [1.29, 1.82) is 0 Å². The van der Waals surface area contributed by atoms with Gasteiger partial charge in [0.15, 0.2) is 18.1 Å². The van der Waals surface area contributed by atoms with E-state index < -0.39 is 11.9 Å². The molecule has 0 radical (unpaired) electrons. The summed E-state index contributed by atoms with van der Waals surface area (Å²) in [5.74, 6) is -0.0149. The van der Waals surface area contributed by atoms with Crippen LogP contribution in [0.4, 0.5) is 0 Å². The van der Waals surface area contributed by atoms with Gasteiger partial charge in [-0.3, -0.25) is 4.79 Å². The van der Waals surface area contributed by atoms with Crippen molar-refractivity contribution in [3.05, 3.63) is 65.2 Å². The third-order valence-electron chi connectivity index (χ3n) is 3.53. The van der Waals surface area contributed by atoms with Gasteiger partial charge >= 0.3 is 5.97 Å². The van der Waals surface area contributed by atoms with Crippen LogP contribution in [0.5, 0.6) is 11.5 Å². The third-order valence-corrected chi connectivity index (χ3v) is 3.53. The highest BCUT2D eigenvalue weighted by atomic mass is 16.6. The number of hydrogen-bond acceptors (Lipinski definition) is 5. The summed E-state index contributed by atoms with van der Waals surface area (Å²) in [5.41, 5.74) is 7.29. The average Bonchev–Trinajstić information content (AvgIpc) is 2.65.